The van der Waals surface area contributed by atoms with Crippen molar-refractivity contribution in [2.75, 3.05) is 7.11 Å². The Morgan fingerprint density at radius 3 is 3.00 bits per heavy atom. The van der Waals surface area contributed by atoms with Crippen molar-refractivity contribution in [2.45, 2.75) is 32.1 Å². The number of aryl methyl sites for hydroxylation is 1. The molecular weight excluding hydrogens is 206 g/mol. The van der Waals surface area contributed by atoms with Crippen LogP contribution in [0.4, 0.5) is 0 Å². The third-order valence-corrected chi connectivity index (χ3v) is 3.24. The van der Waals surface area contributed by atoms with E-state index < -0.39 is 5.97 Å². The predicted molar refractivity (Wildman–Crippen MR) is 59.8 cm³/mol. The molecule has 1 N–H and O–H groups in total. The third kappa shape index (κ3) is 1.64. The molecule has 16 heavy (non-hydrogen) atoms. The molecule has 0 saturated carbocycles. The van der Waals surface area contributed by atoms with Gasteiger partial charge in [-0.05, 0) is 36.8 Å². The van der Waals surface area contributed by atoms with Crippen LogP contribution in [0.2, 0.25) is 0 Å². The summed E-state index contributed by atoms with van der Waals surface area (Å²) in [6.07, 6.45) is 2.97. The zero-order valence-electron chi connectivity index (χ0n) is 9.50. The molecule has 1 aliphatic rings. The number of carbonyl (C=O) groups is 1. The standard InChI is InChI=1S/C12H15NO3/c1-3-7-4-5-10-8(7)6-9(11(14)13-10)12(15)16-2/h6-7H,3-5H2,1-2H3,(H,13,14). The summed E-state index contributed by atoms with van der Waals surface area (Å²) in [7, 11) is 1.28. The highest BCUT2D eigenvalue weighted by atomic mass is 16.5. The molecular formula is C12H15NO3. The first-order chi connectivity index (χ1) is 7.67. The van der Waals surface area contributed by atoms with Crippen LogP contribution in [0, 0.1) is 0 Å². The number of H-pyrrole nitrogens is 1. The van der Waals surface area contributed by atoms with E-state index in [9.17, 15) is 9.59 Å². The van der Waals surface area contributed by atoms with Crippen molar-refractivity contribution in [3.05, 3.63) is 33.2 Å². The molecule has 0 fully saturated rings. The van der Waals surface area contributed by atoms with E-state index in [4.69, 9.17) is 0 Å². The van der Waals surface area contributed by atoms with Gasteiger partial charge in [0, 0.05) is 5.69 Å². The van der Waals surface area contributed by atoms with Gasteiger partial charge < -0.3 is 9.72 Å². The molecule has 1 aromatic rings. The fourth-order valence-corrected chi connectivity index (χ4v) is 2.32. The van der Waals surface area contributed by atoms with E-state index in [-0.39, 0.29) is 11.1 Å². The minimum atomic E-state index is -0.564. The molecule has 1 aliphatic carbocycles. The summed E-state index contributed by atoms with van der Waals surface area (Å²) in [5.74, 6) is -0.110. The lowest BCUT2D eigenvalue weighted by Gasteiger charge is -2.08. The second kappa shape index (κ2) is 4.12. The molecule has 1 aromatic heterocycles. The topological polar surface area (TPSA) is 59.2 Å². The van der Waals surface area contributed by atoms with Gasteiger partial charge in [-0.3, -0.25) is 4.79 Å². The van der Waals surface area contributed by atoms with Gasteiger partial charge in [0.05, 0.1) is 7.11 Å². The SMILES string of the molecule is CCC1CCc2[nH]c(=O)c(C(=O)OC)cc21. The molecule has 0 amide bonds. The summed E-state index contributed by atoms with van der Waals surface area (Å²) in [4.78, 5) is 25.8. The largest absolute Gasteiger partial charge is 0.465 e. The molecule has 4 nitrogen and oxygen atoms in total. The number of pyridine rings is 1. The maximum atomic E-state index is 11.6. The van der Waals surface area contributed by atoms with Crippen molar-refractivity contribution in [2.24, 2.45) is 0 Å². The number of nitrogens with one attached hydrogen (secondary N) is 1. The Kier molecular flexibility index (Phi) is 2.81. The maximum Gasteiger partial charge on any atom is 0.343 e. The van der Waals surface area contributed by atoms with Crippen molar-refractivity contribution < 1.29 is 9.53 Å². The number of ether oxygens (including phenoxy) is 1. The number of aromatic amines is 1. The van der Waals surface area contributed by atoms with Crippen LogP contribution in [-0.4, -0.2) is 18.1 Å². The van der Waals surface area contributed by atoms with E-state index in [0.717, 1.165) is 30.5 Å². The summed E-state index contributed by atoms with van der Waals surface area (Å²) in [6.45, 7) is 2.11. The van der Waals surface area contributed by atoms with Crippen LogP contribution in [0.3, 0.4) is 0 Å². The lowest BCUT2D eigenvalue weighted by Crippen LogP contribution is -2.20. The molecule has 1 unspecified atom stereocenters. The lowest BCUT2D eigenvalue weighted by atomic mass is 9.99. The number of methoxy groups -OCH3 is 1. The molecule has 0 aliphatic heterocycles. The van der Waals surface area contributed by atoms with E-state index in [1.54, 1.807) is 6.07 Å². The predicted octanol–water partition coefficient (Wildman–Crippen LogP) is 1.60. The van der Waals surface area contributed by atoms with E-state index >= 15 is 0 Å². The molecule has 1 atom stereocenters. The van der Waals surface area contributed by atoms with Crippen molar-refractivity contribution in [3.8, 4) is 0 Å². The number of rotatable bonds is 2. The first-order valence-corrected chi connectivity index (χ1v) is 5.51. The first-order valence-electron chi connectivity index (χ1n) is 5.51. The quantitative estimate of drug-likeness (QED) is 0.772. The van der Waals surface area contributed by atoms with Crippen LogP contribution in [-0.2, 0) is 11.2 Å². The van der Waals surface area contributed by atoms with Gasteiger partial charge in [0.25, 0.3) is 5.56 Å². The summed E-state index contributed by atoms with van der Waals surface area (Å²) in [5.41, 5.74) is 1.84. The van der Waals surface area contributed by atoms with Gasteiger partial charge in [-0.15, -0.1) is 0 Å². The van der Waals surface area contributed by atoms with E-state index in [2.05, 4.69) is 16.6 Å². The molecule has 2 rings (SSSR count). The minimum absolute atomic E-state index is 0.113. The molecule has 0 radical (unpaired) electrons. The number of hydrogen-bond acceptors (Lipinski definition) is 3. The second-order valence-electron chi connectivity index (χ2n) is 4.08. The Morgan fingerprint density at radius 1 is 1.62 bits per heavy atom. The fraction of sp³-hybridized carbons (Fsp3) is 0.500. The van der Waals surface area contributed by atoms with Gasteiger partial charge in [-0.1, -0.05) is 6.92 Å². The van der Waals surface area contributed by atoms with Crippen LogP contribution >= 0.6 is 0 Å². The van der Waals surface area contributed by atoms with Gasteiger partial charge in [-0.25, -0.2) is 4.79 Å². The average Bonchev–Trinajstić information content (AvgIpc) is 2.68. The minimum Gasteiger partial charge on any atom is -0.465 e. The highest BCUT2D eigenvalue weighted by Crippen LogP contribution is 2.33. The molecule has 0 saturated heterocycles. The molecule has 1 heterocycles. The van der Waals surface area contributed by atoms with Crippen LogP contribution in [0.5, 0.6) is 0 Å². The van der Waals surface area contributed by atoms with Crippen LogP contribution in [0.15, 0.2) is 10.9 Å². The number of fused-ring (bicyclic) bond motifs is 1. The van der Waals surface area contributed by atoms with Crippen molar-refractivity contribution in [3.63, 3.8) is 0 Å². The van der Waals surface area contributed by atoms with E-state index in [1.807, 2.05) is 0 Å². The first kappa shape index (κ1) is 10.9. The highest BCUT2D eigenvalue weighted by Gasteiger charge is 2.24. The summed E-state index contributed by atoms with van der Waals surface area (Å²) in [6, 6.07) is 1.70. The van der Waals surface area contributed by atoms with E-state index in [1.165, 1.54) is 7.11 Å². The van der Waals surface area contributed by atoms with Gasteiger partial charge in [0.15, 0.2) is 0 Å². The van der Waals surface area contributed by atoms with Gasteiger partial charge >= 0.3 is 5.97 Å². The summed E-state index contributed by atoms with van der Waals surface area (Å²) < 4.78 is 4.59. The van der Waals surface area contributed by atoms with Crippen molar-refractivity contribution >= 4 is 5.97 Å². The third-order valence-electron chi connectivity index (χ3n) is 3.24. The maximum absolute atomic E-state index is 11.6. The summed E-state index contributed by atoms with van der Waals surface area (Å²) in [5, 5.41) is 0. The zero-order chi connectivity index (χ0) is 11.7. The van der Waals surface area contributed by atoms with Crippen molar-refractivity contribution in [1.29, 1.82) is 0 Å². The fourth-order valence-electron chi connectivity index (χ4n) is 2.32. The Hall–Kier alpha value is -1.58. The number of esters is 1. The van der Waals surface area contributed by atoms with Gasteiger partial charge in [0.2, 0.25) is 0 Å². The van der Waals surface area contributed by atoms with Crippen LogP contribution in [0.25, 0.3) is 0 Å². The molecule has 0 spiro atoms. The molecule has 0 aromatic carbocycles. The smallest absolute Gasteiger partial charge is 0.343 e. The Labute approximate surface area is 93.6 Å². The molecule has 0 bridgehead atoms. The van der Waals surface area contributed by atoms with Gasteiger partial charge in [-0.2, -0.15) is 0 Å². The zero-order valence-corrected chi connectivity index (χ0v) is 9.50. The highest BCUT2D eigenvalue weighted by molar-refractivity contribution is 5.89. The number of aromatic nitrogens is 1. The van der Waals surface area contributed by atoms with Crippen LogP contribution in [0.1, 0.15) is 47.3 Å². The van der Waals surface area contributed by atoms with Crippen LogP contribution < -0.4 is 5.56 Å². The molecule has 86 valence electrons. The number of hydrogen-bond donors (Lipinski definition) is 1. The Balaban J connectivity index is 2.51. The van der Waals surface area contributed by atoms with E-state index in [0.29, 0.717) is 5.92 Å². The summed E-state index contributed by atoms with van der Waals surface area (Å²) >= 11 is 0. The molecule has 4 heteroatoms. The normalized spacial score (nSPS) is 18.2. The average molecular weight is 221 g/mol. The Morgan fingerprint density at radius 2 is 2.38 bits per heavy atom. The number of carbonyl (C=O) groups excluding carboxylic acids is 1. The van der Waals surface area contributed by atoms with Gasteiger partial charge in [0.1, 0.15) is 5.56 Å². The lowest BCUT2D eigenvalue weighted by molar-refractivity contribution is 0.0598. The Bertz CT molecular complexity index is 476. The second-order valence-corrected chi connectivity index (χ2v) is 4.08. The monoisotopic (exact) mass is 221 g/mol. The van der Waals surface area contributed by atoms with Crippen molar-refractivity contribution in [1.82, 2.24) is 4.98 Å².